The van der Waals surface area contributed by atoms with Gasteiger partial charge in [-0.15, -0.1) is 11.3 Å². The molecule has 0 spiro atoms. The van der Waals surface area contributed by atoms with Gasteiger partial charge in [0.25, 0.3) is 5.91 Å². The van der Waals surface area contributed by atoms with E-state index in [0.29, 0.717) is 22.3 Å². The molecule has 0 bridgehead atoms. The molecule has 0 saturated carbocycles. The summed E-state index contributed by atoms with van der Waals surface area (Å²) in [6, 6.07) is 9.49. The molecule has 2 aromatic rings. The van der Waals surface area contributed by atoms with Crippen molar-refractivity contribution in [1.82, 2.24) is 4.90 Å². The Labute approximate surface area is 144 Å². The molecule has 2 heterocycles. The van der Waals surface area contributed by atoms with Crippen LogP contribution in [0.5, 0.6) is 0 Å². The van der Waals surface area contributed by atoms with Gasteiger partial charge >= 0.3 is 0 Å². The molecular weight excluding hydrogens is 339 g/mol. The Kier molecular flexibility index (Phi) is 4.62. The second-order valence-corrected chi connectivity index (χ2v) is 7.47. The Balaban J connectivity index is 1.67. The number of halogens is 2. The normalized spacial score (nSPS) is 15.2. The molecular formula is C16H16Cl2N2OS. The van der Waals surface area contributed by atoms with Crippen molar-refractivity contribution in [2.24, 2.45) is 0 Å². The zero-order chi connectivity index (χ0) is 15.7. The molecule has 3 rings (SSSR count). The number of nitrogens with zero attached hydrogens (tertiary/aromatic N) is 2. The lowest BCUT2D eigenvalue weighted by molar-refractivity contribution is 0.0751. The van der Waals surface area contributed by atoms with Gasteiger partial charge < -0.3 is 9.80 Å². The highest BCUT2D eigenvalue weighted by molar-refractivity contribution is 7.17. The minimum atomic E-state index is 0.0689. The van der Waals surface area contributed by atoms with E-state index < -0.39 is 0 Å². The van der Waals surface area contributed by atoms with Gasteiger partial charge in [0.1, 0.15) is 0 Å². The van der Waals surface area contributed by atoms with Crippen molar-refractivity contribution in [2.45, 2.75) is 6.92 Å². The van der Waals surface area contributed by atoms with Crippen LogP contribution in [0.15, 0.2) is 30.3 Å². The van der Waals surface area contributed by atoms with Gasteiger partial charge in [0.2, 0.25) is 0 Å². The van der Waals surface area contributed by atoms with E-state index in [4.69, 9.17) is 23.2 Å². The van der Waals surface area contributed by atoms with Gasteiger partial charge in [-0.25, -0.2) is 0 Å². The summed E-state index contributed by atoms with van der Waals surface area (Å²) in [5.74, 6) is 0.0689. The summed E-state index contributed by atoms with van der Waals surface area (Å²) in [5.41, 5.74) is 2.35. The number of aryl methyl sites for hydroxylation is 1. The highest BCUT2D eigenvalue weighted by Crippen LogP contribution is 2.27. The number of anilines is 1. The van der Waals surface area contributed by atoms with Crippen molar-refractivity contribution in [3.8, 4) is 0 Å². The minimum Gasteiger partial charge on any atom is -0.368 e. The smallest absolute Gasteiger partial charge is 0.264 e. The first kappa shape index (κ1) is 15.7. The summed E-state index contributed by atoms with van der Waals surface area (Å²) in [7, 11) is 0. The van der Waals surface area contributed by atoms with Gasteiger partial charge in [0.05, 0.1) is 9.21 Å². The second-order valence-electron chi connectivity index (χ2n) is 5.31. The van der Waals surface area contributed by atoms with Gasteiger partial charge in [-0.05, 0) is 36.8 Å². The number of piperazine rings is 1. The van der Waals surface area contributed by atoms with Crippen molar-refractivity contribution in [2.75, 3.05) is 31.1 Å². The molecule has 1 saturated heterocycles. The average molecular weight is 355 g/mol. The van der Waals surface area contributed by atoms with Crippen LogP contribution >= 0.6 is 34.5 Å². The number of benzene rings is 1. The van der Waals surface area contributed by atoms with Crippen molar-refractivity contribution >= 4 is 46.1 Å². The number of amides is 1. The number of thiophene rings is 1. The van der Waals surface area contributed by atoms with E-state index in [1.807, 2.05) is 23.1 Å². The van der Waals surface area contributed by atoms with Gasteiger partial charge in [-0.3, -0.25) is 4.79 Å². The van der Waals surface area contributed by atoms with Crippen LogP contribution in [0, 0.1) is 6.92 Å². The molecule has 1 aliphatic heterocycles. The van der Waals surface area contributed by atoms with Crippen LogP contribution in [0.1, 0.15) is 15.2 Å². The predicted octanol–water partition coefficient (Wildman–Crippen LogP) is 4.33. The van der Waals surface area contributed by atoms with E-state index in [-0.39, 0.29) is 5.91 Å². The van der Waals surface area contributed by atoms with Crippen LogP contribution in [0.2, 0.25) is 9.36 Å². The van der Waals surface area contributed by atoms with Crippen LogP contribution in [0.25, 0.3) is 0 Å². The fourth-order valence-corrected chi connectivity index (χ4v) is 3.84. The van der Waals surface area contributed by atoms with E-state index in [0.717, 1.165) is 23.8 Å². The second kappa shape index (κ2) is 6.49. The maximum Gasteiger partial charge on any atom is 0.264 e. The van der Waals surface area contributed by atoms with E-state index in [9.17, 15) is 4.79 Å². The first-order chi connectivity index (χ1) is 10.5. The average Bonchev–Trinajstić information content (AvgIpc) is 2.96. The Bertz CT molecular complexity index is 693. The Hall–Kier alpha value is -1.23. The van der Waals surface area contributed by atoms with Crippen molar-refractivity contribution in [3.63, 3.8) is 0 Å². The monoisotopic (exact) mass is 354 g/mol. The highest BCUT2D eigenvalue weighted by Gasteiger charge is 2.24. The summed E-state index contributed by atoms with van der Waals surface area (Å²) >= 11 is 13.3. The van der Waals surface area contributed by atoms with E-state index in [2.05, 4.69) is 11.8 Å². The molecule has 116 valence electrons. The summed E-state index contributed by atoms with van der Waals surface area (Å²) in [5, 5.41) is 0.743. The van der Waals surface area contributed by atoms with Crippen molar-refractivity contribution in [1.29, 1.82) is 0 Å². The maximum atomic E-state index is 12.4. The maximum absolute atomic E-state index is 12.4. The molecule has 0 radical (unpaired) electrons. The molecule has 1 amide bonds. The largest absolute Gasteiger partial charge is 0.368 e. The third-order valence-corrected chi connectivity index (χ3v) is 5.32. The zero-order valence-corrected chi connectivity index (χ0v) is 14.5. The van der Waals surface area contributed by atoms with Gasteiger partial charge in [-0.2, -0.15) is 0 Å². The van der Waals surface area contributed by atoms with Crippen molar-refractivity contribution < 1.29 is 4.79 Å². The highest BCUT2D eigenvalue weighted by atomic mass is 35.5. The first-order valence-corrected chi connectivity index (χ1v) is 8.67. The number of hydrogen-bond donors (Lipinski definition) is 0. The van der Waals surface area contributed by atoms with E-state index >= 15 is 0 Å². The SMILES string of the molecule is Cc1ccc(Cl)cc1N1CCN(C(=O)c2ccc(Cl)s2)CC1. The molecule has 1 fully saturated rings. The number of hydrogen-bond acceptors (Lipinski definition) is 3. The van der Waals surface area contributed by atoms with Crippen molar-refractivity contribution in [3.05, 3.63) is 50.1 Å². The fourth-order valence-electron chi connectivity index (χ4n) is 2.66. The number of carbonyl (C=O) groups excluding carboxylic acids is 1. The van der Waals surface area contributed by atoms with E-state index in [1.54, 1.807) is 12.1 Å². The van der Waals surface area contributed by atoms with E-state index in [1.165, 1.54) is 16.9 Å². The molecule has 0 unspecified atom stereocenters. The Morgan fingerprint density at radius 3 is 2.45 bits per heavy atom. The third kappa shape index (κ3) is 3.24. The van der Waals surface area contributed by atoms with Gasteiger partial charge in [0, 0.05) is 36.9 Å². The summed E-state index contributed by atoms with van der Waals surface area (Å²) < 4.78 is 0.650. The zero-order valence-electron chi connectivity index (χ0n) is 12.2. The third-order valence-electron chi connectivity index (χ3n) is 3.86. The lowest BCUT2D eigenvalue weighted by Crippen LogP contribution is -2.48. The molecule has 1 aromatic heterocycles. The quantitative estimate of drug-likeness (QED) is 0.801. The Morgan fingerprint density at radius 1 is 1.09 bits per heavy atom. The van der Waals surface area contributed by atoms with Crippen LogP contribution in [0.4, 0.5) is 5.69 Å². The Morgan fingerprint density at radius 2 is 1.82 bits per heavy atom. The summed E-state index contributed by atoms with van der Waals surface area (Å²) in [6.45, 7) is 5.12. The standard InChI is InChI=1S/C16H16Cl2N2OS/c1-11-2-3-12(17)10-13(11)19-6-8-20(9-7-19)16(21)14-4-5-15(18)22-14/h2-5,10H,6-9H2,1H3. The summed E-state index contributed by atoms with van der Waals surface area (Å²) in [6.07, 6.45) is 0. The molecule has 1 aromatic carbocycles. The summed E-state index contributed by atoms with van der Waals surface area (Å²) in [4.78, 5) is 17.3. The molecule has 3 nitrogen and oxygen atoms in total. The van der Waals surface area contributed by atoms with Gasteiger partial charge in [0.15, 0.2) is 0 Å². The van der Waals surface area contributed by atoms with Crippen LogP contribution in [0.3, 0.4) is 0 Å². The predicted molar refractivity (Wildman–Crippen MR) is 93.6 cm³/mol. The lowest BCUT2D eigenvalue weighted by Gasteiger charge is -2.36. The minimum absolute atomic E-state index is 0.0689. The first-order valence-electron chi connectivity index (χ1n) is 7.10. The fraction of sp³-hybridized carbons (Fsp3) is 0.312. The number of carbonyl (C=O) groups is 1. The molecule has 0 aliphatic carbocycles. The van der Waals surface area contributed by atoms with Gasteiger partial charge in [-0.1, -0.05) is 29.3 Å². The van der Waals surface area contributed by atoms with Crippen LogP contribution in [-0.2, 0) is 0 Å². The topological polar surface area (TPSA) is 23.6 Å². The van der Waals surface area contributed by atoms with Crippen LogP contribution < -0.4 is 4.90 Å². The molecule has 0 N–H and O–H groups in total. The molecule has 22 heavy (non-hydrogen) atoms. The van der Waals surface area contributed by atoms with Crippen LogP contribution in [-0.4, -0.2) is 37.0 Å². The molecule has 0 atom stereocenters. The molecule has 6 heteroatoms. The number of rotatable bonds is 2. The molecule has 1 aliphatic rings. The lowest BCUT2D eigenvalue weighted by atomic mass is 10.1.